The van der Waals surface area contributed by atoms with Crippen molar-refractivity contribution < 1.29 is 28.5 Å². The normalized spacial score (nSPS) is 16.4. The number of hydrogen-bond donors (Lipinski definition) is 0. The van der Waals surface area contributed by atoms with E-state index in [1.165, 1.54) is 11.8 Å². The van der Waals surface area contributed by atoms with Gasteiger partial charge in [0, 0.05) is 6.07 Å². The van der Waals surface area contributed by atoms with Crippen molar-refractivity contribution in [2.75, 3.05) is 40.4 Å². The monoisotopic (exact) mass is 493 g/mol. The lowest BCUT2D eigenvalue weighted by atomic mass is 10.1. The summed E-state index contributed by atoms with van der Waals surface area (Å²) in [7, 11) is 7.86. The Labute approximate surface area is 209 Å². The molecule has 3 aromatic rings. The molecule has 3 aromatic carbocycles. The summed E-state index contributed by atoms with van der Waals surface area (Å²) >= 11 is 1.44. The first-order valence-corrected chi connectivity index (χ1v) is 11.7. The maximum absolute atomic E-state index is 13.8. The molecule has 182 valence electrons. The van der Waals surface area contributed by atoms with Crippen molar-refractivity contribution in [1.29, 1.82) is 0 Å². The standard InChI is InChI=1S/C27H27NO6S/c1-30-19-11-12-21(31-2)20(16-19)28-26(29)24(13-17-9-7-6-8-10-17)35-27(28)18-14-22(32-3)25(34-5)23(15-18)33-4/h6-16,27H,1-5H3/b24-13-. The molecule has 0 radical (unpaired) electrons. The number of carbonyl (C=O) groups is 1. The minimum absolute atomic E-state index is 0.149. The first-order valence-electron chi connectivity index (χ1n) is 10.8. The van der Waals surface area contributed by atoms with Crippen LogP contribution >= 0.6 is 11.8 Å². The van der Waals surface area contributed by atoms with Gasteiger partial charge in [-0.3, -0.25) is 9.69 Å². The van der Waals surface area contributed by atoms with E-state index in [1.807, 2.05) is 48.5 Å². The van der Waals surface area contributed by atoms with Crippen LogP contribution in [-0.4, -0.2) is 41.5 Å². The summed E-state index contributed by atoms with van der Waals surface area (Å²) in [5.41, 5.74) is 2.34. The van der Waals surface area contributed by atoms with Gasteiger partial charge in [0.05, 0.1) is 46.1 Å². The van der Waals surface area contributed by atoms with Gasteiger partial charge in [-0.05, 0) is 41.5 Å². The van der Waals surface area contributed by atoms with Gasteiger partial charge in [-0.25, -0.2) is 0 Å². The summed E-state index contributed by atoms with van der Waals surface area (Å²) in [6.45, 7) is 0. The van der Waals surface area contributed by atoms with Crippen molar-refractivity contribution >= 4 is 29.4 Å². The van der Waals surface area contributed by atoms with Crippen molar-refractivity contribution in [3.63, 3.8) is 0 Å². The fraction of sp³-hybridized carbons (Fsp3) is 0.222. The lowest BCUT2D eigenvalue weighted by Gasteiger charge is -2.26. The van der Waals surface area contributed by atoms with Crippen LogP contribution in [0.5, 0.6) is 28.7 Å². The summed E-state index contributed by atoms with van der Waals surface area (Å²) in [6.07, 6.45) is 1.89. The lowest BCUT2D eigenvalue weighted by molar-refractivity contribution is -0.114. The third kappa shape index (κ3) is 4.74. The van der Waals surface area contributed by atoms with Crippen molar-refractivity contribution in [3.8, 4) is 28.7 Å². The molecule has 0 aromatic heterocycles. The summed E-state index contributed by atoms with van der Waals surface area (Å²) in [5.74, 6) is 2.52. The van der Waals surface area contributed by atoms with E-state index >= 15 is 0 Å². The van der Waals surface area contributed by atoms with Crippen LogP contribution in [-0.2, 0) is 4.79 Å². The molecule has 0 aliphatic carbocycles. The number of nitrogens with zero attached hydrogens (tertiary/aromatic N) is 1. The van der Waals surface area contributed by atoms with Gasteiger partial charge in [0.1, 0.15) is 16.9 Å². The molecule has 8 heteroatoms. The average Bonchev–Trinajstić information content (AvgIpc) is 3.23. The molecule has 35 heavy (non-hydrogen) atoms. The Kier molecular flexibility index (Phi) is 7.41. The van der Waals surface area contributed by atoms with Crippen LogP contribution in [0.15, 0.2) is 65.6 Å². The number of amides is 1. The molecule has 0 spiro atoms. The maximum atomic E-state index is 13.8. The maximum Gasteiger partial charge on any atom is 0.266 e. The Bertz CT molecular complexity index is 1220. The predicted molar refractivity (Wildman–Crippen MR) is 138 cm³/mol. The van der Waals surface area contributed by atoms with Crippen LogP contribution < -0.4 is 28.6 Å². The third-order valence-corrected chi connectivity index (χ3v) is 6.87. The zero-order valence-corrected chi connectivity index (χ0v) is 21.0. The molecule has 1 unspecified atom stereocenters. The summed E-state index contributed by atoms with van der Waals surface area (Å²) in [4.78, 5) is 16.2. The highest BCUT2D eigenvalue weighted by atomic mass is 32.2. The number of methoxy groups -OCH3 is 5. The average molecular weight is 494 g/mol. The predicted octanol–water partition coefficient (Wildman–Crippen LogP) is 5.55. The number of carbonyl (C=O) groups excluding carboxylic acids is 1. The number of rotatable bonds is 8. The Morgan fingerprint density at radius 1 is 0.771 bits per heavy atom. The molecule has 1 fully saturated rings. The minimum atomic E-state index is -0.424. The molecular formula is C27H27NO6S. The fourth-order valence-corrected chi connectivity index (χ4v) is 5.16. The van der Waals surface area contributed by atoms with E-state index in [2.05, 4.69) is 0 Å². The summed E-state index contributed by atoms with van der Waals surface area (Å²) < 4.78 is 27.7. The van der Waals surface area contributed by atoms with Crippen molar-refractivity contribution in [3.05, 3.63) is 76.7 Å². The minimum Gasteiger partial charge on any atom is -0.497 e. The summed E-state index contributed by atoms with van der Waals surface area (Å²) in [5, 5.41) is -0.424. The molecule has 4 rings (SSSR count). The molecule has 1 atom stereocenters. The van der Waals surface area contributed by atoms with Gasteiger partial charge in [-0.1, -0.05) is 42.1 Å². The first-order chi connectivity index (χ1) is 17.0. The number of benzene rings is 3. The number of anilines is 1. The number of ether oxygens (including phenoxy) is 5. The van der Waals surface area contributed by atoms with Crippen LogP contribution in [0.1, 0.15) is 16.5 Å². The molecule has 1 amide bonds. The lowest BCUT2D eigenvalue weighted by Crippen LogP contribution is -2.28. The summed E-state index contributed by atoms with van der Waals surface area (Å²) in [6, 6.07) is 18.9. The van der Waals surface area contributed by atoms with E-state index in [4.69, 9.17) is 23.7 Å². The molecule has 1 aliphatic heterocycles. The molecule has 7 nitrogen and oxygen atoms in total. The number of hydrogen-bond acceptors (Lipinski definition) is 7. The highest BCUT2D eigenvalue weighted by Crippen LogP contribution is 2.53. The van der Waals surface area contributed by atoms with E-state index in [-0.39, 0.29) is 5.91 Å². The molecule has 0 saturated carbocycles. The van der Waals surface area contributed by atoms with Crippen molar-refractivity contribution in [2.24, 2.45) is 0 Å². The molecule has 0 bridgehead atoms. The SMILES string of the molecule is COc1ccc(OC)c(N2C(=O)/C(=C/c3ccccc3)SC2c2cc(OC)c(OC)c(OC)c2)c1. The molecular weight excluding hydrogens is 466 g/mol. The Hall–Kier alpha value is -3.78. The quantitative estimate of drug-likeness (QED) is 0.381. The second kappa shape index (κ2) is 10.7. The van der Waals surface area contributed by atoms with Gasteiger partial charge in [0.25, 0.3) is 5.91 Å². The molecule has 0 N–H and O–H groups in total. The van der Waals surface area contributed by atoms with Gasteiger partial charge in [0.15, 0.2) is 11.5 Å². The molecule has 1 saturated heterocycles. The fourth-order valence-electron chi connectivity index (χ4n) is 3.93. The zero-order valence-electron chi connectivity index (χ0n) is 20.2. The van der Waals surface area contributed by atoms with E-state index in [9.17, 15) is 4.79 Å². The topological polar surface area (TPSA) is 66.5 Å². The van der Waals surface area contributed by atoms with Crippen LogP contribution in [0.2, 0.25) is 0 Å². The van der Waals surface area contributed by atoms with Gasteiger partial charge in [-0.2, -0.15) is 0 Å². The first kappa shape index (κ1) is 24.3. The molecule has 1 heterocycles. The van der Waals surface area contributed by atoms with E-state index in [1.54, 1.807) is 58.6 Å². The zero-order chi connectivity index (χ0) is 24.9. The van der Waals surface area contributed by atoms with Crippen LogP contribution in [0, 0.1) is 0 Å². The van der Waals surface area contributed by atoms with Gasteiger partial charge >= 0.3 is 0 Å². The third-order valence-electron chi connectivity index (χ3n) is 5.62. The van der Waals surface area contributed by atoms with Crippen molar-refractivity contribution in [2.45, 2.75) is 5.37 Å². The van der Waals surface area contributed by atoms with Crippen LogP contribution in [0.3, 0.4) is 0 Å². The van der Waals surface area contributed by atoms with Crippen LogP contribution in [0.25, 0.3) is 6.08 Å². The Morgan fingerprint density at radius 3 is 2.00 bits per heavy atom. The highest BCUT2D eigenvalue weighted by Gasteiger charge is 2.40. The second-order valence-electron chi connectivity index (χ2n) is 7.56. The second-order valence-corrected chi connectivity index (χ2v) is 8.68. The van der Waals surface area contributed by atoms with E-state index < -0.39 is 5.37 Å². The van der Waals surface area contributed by atoms with Crippen molar-refractivity contribution in [1.82, 2.24) is 0 Å². The van der Waals surface area contributed by atoms with E-state index in [0.717, 1.165) is 11.1 Å². The Balaban J connectivity index is 1.90. The number of thioether (sulfide) groups is 1. The van der Waals surface area contributed by atoms with Crippen LogP contribution in [0.4, 0.5) is 5.69 Å². The van der Waals surface area contributed by atoms with Gasteiger partial charge in [-0.15, -0.1) is 0 Å². The van der Waals surface area contributed by atoms with Gasteiger partial charge < -0.3 is 23.7 Å². The Morgan fingerprint density at radius 2 is 1.43 bits per heavy atom. The van der Waals surface area contributed by atoms with Gasteiger partial charge in [0.2, 0.25) is 5.75 Å². The molecule has 1 aliphatic rings. The highest BCUT2D eigenvalue weighted by molar-refractivity contribution is 8.05. The van der Waals surface area contributed by atoms with E-state index in [0.29, 0.717) is 39.3 Å². The largest absolute Gasteiger partial charge is 0.497 e. The smallest absolute Gasteiger partial charge is 0.266 e.